The zero-order valence-electron chi connectivity index (χ0n) is 11.7. The maximum atomic E-state index is 11.8. The maximum Gasteiger partial charge on any atom is 0.339 e. The van der Waals surface area contributed by atoms with Gasteiger partial charge in [-0.15, -0.1) is 0 Å². The summed E-state index contributed by atoms with van der Waals surface area (Å²) in [5.74, 6) is -2.14. The summed E-state index contributed by atoms with van der Waals surface area (Å²) in [4.78, 5) is 34.9. The third-order valence-corrected chi connectivity index (χ3v) is 2.78. The van der Waals surface area contributed by atoms with Gasteiger partial charge in [-0.2, -0.15) is 0 Å². The molecule has 0 aliphatic heterocycles. The molecule has 0 saturated carbocycles. The van der Waals surface area contributed by atoms with E-state index in [0.717, 1.165) is 6.42 Å². The van der Waals surface area contributed by atoms with Crippen LogP contribution in [0.4, 0.5) is 5.69 Å². The number of rotatable bonds is 4. The van der Waals surface area contributed by atoms with Crippen LogP contribution in [0.2, 0.25) is 0 Å². The number of hydrogen-bond acceptors (Lipinski definition) is 4. The molecule has 2 N–H and O–H groups in total. The molecule has 0 radical (unpaired) electrons. The summed E-state index contributed by atoms with van der Waals surface area (Å²) in [5.41, 5.74) is 0.434. The second-order valence-electron chi connectivity index (χ2n) is 4.27. The number of esters is 1. The first-order valence-corrected chi connectivity index (χ1v) is 6.28. The van der Waals surface area contributed by atoms with Gasteiger partial charge in [-0.3, -0.25) is 9.59 Å². The Kier molecular flexibility index (Phi) is 5.71. The fraction of sp³-hybridized carbons (Fsp3) is 0.357. The third-order valence-electron chi connectivity index (χ3n) is 2.78. The number of hydrogen-bond donors (Lipinski definition) is 2. The first-order valence-electron chi connectivity index (χ1n) is 6.28. The molecule has 0 bridgehead atoms. The third kappa shape index (κ3) is 4.08. The SMILES string of the molecule is CCC(C)NC(=O)C(=O)Nc1ccccc1C(=O)OC. The number of methoxy groups -OCH3 is 1. The van der Waals surface area contributed by atoms with E-state index >= 15 is 0 Å². The average Bonchev–Trinajstić information content (AvgIpc) is 2.46. The van der Waals surface area contributed by atoms with Crippen LogP contribution in [0.15, 0.2) is 24.3 Å². The second kappa shape index (κ2) is 7.28. The van der Waals surface area contributed by atoms with Gasteiger partial charge in [0.15, 0.2) is 0 Å². The molecule has 1 unspecified atom stereocenters. The van der Waals surface area contributed by atoms with Gasteiger partial charge >= 0.3 is 17.8 Å². The lowest BCUT2D eigenvalue weighted by atomic mass is 10.2. The highest BCUT2D eigenvalue weighted by Gasteiger charge is 2.18. The number of amides is 2. The first kappa shape index (κ1) is 15.7. The maximum absolute atomic E-state index is 11.8. The van der Waals surface area contributed by atoms with E-state index in [4.69, 9.17) is 0 Å². The van der Waals surface area contributed by atoms with Gasteiger partial charge in [0.1, 0.15) is 0 Å². The highest BCUT2D eigenvalue weighted by atomic mass is 16.5. The summed E-state index contributed by atoms with van der Waals surface area (Å²) in [6.45, 7) is 3.70. The summed E-state index contributed by atoms with van der Waals surface area (Å²) in [7, 11) is 1.25. The minimum atomic E-state index is -0.818. The van der Waals surface area contributed by atoms with Crippen LogP contribution in [0.5, 0.6) is 0 Å². The lowest BCUT2D eigenvalue weighted by Gasteiger charge is -2.12. The quantitative estimate of drug-likeness (QED) is 0.642. The lowest BCUT2D eigenvalue weighted by molar-refractivity contribution is -0.136. The Balaban J connectivity index is 2.81. The van der Waals surface area contributed by atoms with E-state index in [-0.39, 0.29) is 17.3 Å². The molecular weight excluding hydrogens is 260 g/mol. The predicted octanol–water partition coefficient (Wildman–Crippen LogP) is 1.33. The summed E-state index contributed by atoms with van der Waals surface area (Å²) in [5, 5.41) is 4.95. The zero-order chi connectivity index (χ0) is 15.1. The Bertz CT molecular complexity index is 514. The fourth-order valence-corrected chi connectivity index (χ4v) is 1.45. The second-order valence-corrected chi connectivity index (χ2v) is 4.27. The lowest BCUT2D eigenvalue weighted by Crippen LogP contribution is -2.40. The van der Waals surface area contributed by atoms with Gasteiger partial charge in [0.2, 0.25) is 0 Å². The van der Waals surface area contributed by atoms with Crippen molar-refractivity contribution in [3.05, 3.63) is 29.8 Å². The van der Waals surface area contributed by atoms with Gasteiger partial charge in [0, 0.05) is 6.04 Å². The molecule has 108 valence electrons. The van der Waals surface area contributed by atoms with Crippen molar-refractivity contribution in [2.45, 2.75) is 26.3 Å². The molecule has 20 heavy (non-hydrogen) atoms. The highest BCUT2D eigenvalue weighted by molar-refractivity contribution is 6.40. The number of carbonyl (C=O) groups is 3. The molecule has 0 heterocycles. The van der Waals surface area contributed by atoms with E-state index in [2.05, 4.69) is 15.4 Å². The Labute approximate surface area is 117 Å². The Hall–Kier alpha value is -2.37. The number of ether oxygens (including phenoxy) is 1. The average molecular weight is 278 g/mol. The van der Waals surface area contributed by atoms with Crippen LogP contribution >= 0.6 is 0 Å². The summed E-state index contributed by atoms with van der Waals surface area (Å²) in [6.07, 6.45) is 0.720. The van der Waals surface area contributed by atoms with Crippen LogP contribution in [0.25, 0.3) is 0 Å². The molecule has 0 saturated heterocycles. The van der Waals surface area contributed by atoms with E-state index in [1.54, 1.807) is 19.1 Å². The standard InChI is InChI=1S/C14H18N2O4/c1-4-9(2)15-12(17)13(18)16-11-8-6-5-7-10(11)14(19)20-3/h5-9H,4H2,1-3H3,(H,15,17)(H,16,18). The summed E-state index contributed by atoms with van der Waals surface area (Å²) in [6, 6.07) is 6.23. The fourth-order valence-electron chi connectivity index (χ4n) is 1.45. The summed E-state index contributed by atoms with van der Waals surface area (Å²) < 4.78 is 4.61. The Morgan fingerprint density at radius 3 is 2.45 bits per heavy atom. The van der Waals surface area contributed by atoms with Crippen molar-refractivity contribution < 1.29 is 19.1 Å². The summed E-state index contributed by atoms with van der Waals surface area (Å²) >= 11 is 0. The smallest absolute Gasteiger partial charge is 0.339 e. The molecule has 6 heteroatoms. The van der Waals surface area contributed by atoms with Crippen molar-refractivity contribution in [3.8, 4) is 0 Å². The van der Waals surface area contributed by atoms with Crippen molar-refractivity contribution in [3.63, 3.8) is 0 Å². The van der Waals surface area contributed by atoms with Gasteiger partial charge in [0.25, 0.3) is 0 Å². The number of para-hydroxylation sites is 1. The van der Waals surface area contributed by atoms with Crippen LogP contribution < -0.4 is 10.6 Å². The van der Waals surface area contributed by atoms with Gasteiger partial charge < -0.3 is 15.4 Å². The molecule has 0 spiro atoms. The number of anilines is 1. The van der Waals surface area contributed by atoms with Crippen LogP contribution in [-0.4, -0.2) is 30.9 Å². The molecule has 0 aliphatic carbocycles. The van der Waals surface area contributed by atoms with Gasteiger partial charge in [-0.1, -0.05) is 19.1 Å². The molecule has 1 aromatic rings. The van der Waals surface area contributed by atoms with Crippen LogP contribution in [0.3, 0.4) is 0 Å². The minimum Gasteiger partial charge on any atom is -0.465 e. The molecule has 6 nitrogen and oxygen atoms in total. The number of nitrogens with one attached hydrogen (secondary N) is 2. The van der Waals surface area contributed by atoms with Crippen LogP contribution in [0, 0.1) is 0 Å². The molecule has 1 atom stereocenters. The molecule has 0 aliphatic rings. The van der Waals surface area contributed by atoms with Gasteiger partial charge in [-0.05, 0) is 25.5 Å². The zero-order valence-corrected chi connectivity index (χ0v) is 11.7. The number of carbonyl (C=O) groups excluding carboxylic acids is 3. The van der Waals surface area contributed by atoms with Crippen LogP contribution in [-0.2, 0) is 14.3 Å². The van der Waals surface area contributed by atoms with Crippen molar-refractivity contribution in [1.29, 1.82) is 0 Å². The van der Waals surface area contributed by atoms with Crippen molar-refractivity contribution in [2.24, 2.45) is 0 Å². The van der Waals surface area contributed by atoms with Gasteiger partial charge in [-0.25, -0.2) is 4.79 Å². The van der Waals surface area contributed by atoms with Crippen LogP contribution in [0.1, 0.15) is 30.6 Å². The van der Waals surface area contributed by atoms with E-state index in [9.17, 15) is 14.4 Å². The molecule has 2 amide bonds. The number of benzene rings is 1. The molecule has 0 aromatic heterocycles. The van der Waals surface area contributed by atoms with Crippen molar-refractivity contribution >= 4 is 23.5 Å². The molecule has 1 aromatic carbocycles. The monoisotopic (exact) mass is 278 g/mol. The van der Waals surface area contributed by atoms with Crippen molar-refractivity contribution in [2.75, 3.05) is 12.4 Å². The molecular formula is C14H18N2O4. The largest absolute Gasteiger partial charge is 0.465 e. The Morgan fingerprint density at radius 1 is 1.20 bits per heavy atom. The van der Waals surface area contributed by atoms with Gasteiger partial charge in [0.05, 0.1) is 18.4 Å². The van der Waals surface area contributed by atoms with E-state index < -0.39 is 17.8 Å². The topological polar surface area (TPSA) is 84.5 Å². The minimum absolute atomic E-state index is 0.0934. The molecule has 0 fully saturated rings. The predicted molar refractivity (Wildman–Crippen MR) is 74.3 cm³/mol. The van der Waals surface area contributed by atoms with Crippen molar-refractivity contribution in [1.82, 2.24) is 5.32 Å². The highest BCUT2D eigenvalue weighted by Crippen LogP contribution is 2.15. The van der Waals surface area contributed by atoms with E-state index in [0.29, 0.717) is 0 Å². The normalized spacial score (nSPS) is 11.3. The van der Waals surface area contributed by atoms with E-state index in [1.807, 2.05) is 6.92 Å². The Morgan fingerprint density at radius 2 is 1.85 bits per heavy atom. The first-order chi connectivity index (χ1) is 9.49. The van der Waals surface area contributed by atoms with E-state index in [1.165, 1.54) is 19.2 Å². The molecule has 1 rings (SSSR count).